The van der Waals surface area contributed by atoms with Gasteiger partial charge < -0.3 is 4.74 Å². The smallest absolute Gasteiger partial charge is 0.141 e. The average Bonchev–Trinajstić information content (AvgIpc) is 2.26. The molecule has 5 nitrogen and oxygen atoms in total. The molecule has 0 N–H and O–H groups in total. The number of hydrogen-bond acceptors (Lipinski definition) is 3. The molecule has 1 aromatic rings. The minimum atomic E-state index is 0.204. The molecule has 2 heterocycles. The molecule has 1 aliphatic rings. The Labute approximate surface area is 81.4 Å². The van der Waals surface area contributed by atoms with E-state index in [9.17, 15) is 0 Å². The fourth-order valence-electron chi connectivity index (χ4n) is 1.59. The summed E-state index contributed by atoms with van der Waals surface area (Å²) in [6.45, 7) is 1.13. The predicted molar refractivity (Wildman–Crippen MR) is 51.1 cm³/mol. The van der Waals surface area contributed by atoms with Crippen LogP contribution in [0.25, 0.3) is 10.4 Å². The molecule has 1 aliphatic heterocycles. The van der Waals surface area contributed by atoms with Crippen LogP contribution in [0.5, 0.6) is 5.75 Å². The fourth-order valence-corrected chi connectivity index (χ4v) is 1.59. The lowest BCUT2D eigenvalue weighted by Crippen LogP contribution is -2.17. The summed E-state index contributed by atoms with van der Waals surface area (Å²) < 4.78 is 5.44. The van der Waals surface area contributed by atoms with E-state index in [4.69, 9.17) is 10.3 Å². The molecule has 0 aliphatic carbocycles. The van der Waals surface area contributed by atoms with Gasteiger partial charge in [0.25, 0.3) is 0 Å². The van der Waals surface area contributed by atoms with Gasteiger partial charge in [-0.1, -0.05) is 5.11 Å². The van der Waals surface area contributed by atoms with E-state index in [2.05, 4.69) is 15.0 Å². The molecule has 1 atom stereocenters. The summed E-state index contributed by atoms with van der Waals surface area (Å²) >= 11 is 0. The molecular formula is C9H10N4O. The number of azide groups is 1. The Bertz CT molecular complexity index is 373. The van der Waals surface area contributed by atoms with Gasteiger partial charge in [0.1, 0.15) is 5.75 Å². The molecule has 0 radical (unpaired) electrons. The zero-order valence-corrected chi connectivity index (χ0v) is 7.63. The molecule has 1 aromatic heterocycles. The molecule has 0 fully saturated rings. The standard InChI is InChI=1S/C9H10N4O/c10-13-12-6-7-3-5-14-8-2-1-4-11-9(7)8/h1-2,4,7H,3,5-6H2. The minimum Gasteiger partial charge on any atom is -0.492 e. The summed E-state index contributed by atoms with van der Waals surface area (Å²) in [5, 5.41) is 3.58. The van der Waals surface area contributed by atoms with E-state index < -0.39 is 0 Å². The number of fused-ring (bicyclic) bond motifs is 1. The van der Waals surface area contributed by atoms with Gasteiger partial charge in [-0.15, -0.1) is 0 Å². The third-order valence-electron chi connectivity index (χ3n) is 2.28. The number of hydrogen-bond donors (Lipinski definition) is 0. The summed E-state index contributed by atoms with van der Waals surface area (Å²) in [5.74, 6) is 1.02. The van der Waals surface area contributed by atoms with Crippen LogP contribution in [0.15, 0.2) is 23.4 Å². The zero-order valence-electron chi connectivity index (χ0n) is 7.63. The van der Waals surface area contributed by atoms with E-state index in [1.807, 2.05) is 12.1 Å². The lowest BCUT2D eigenvalue weighted by molar-refractivity contribution is 0.264. The van der Waals surface area contributed by atoms with Gasteiger partial charge in [0.05, 0.1) is 12.3 Å². The van der Waals surface area contributed by atoms with Gasteiger partial charge in [-0.3, -0.25) is 4.98 Å². The first-order valence-corrected chi connectivity index (χ1v) is 4.50. The number of nitrogens with zero attached hydrogens (tertiary/aromatic N) is 4. The Hall–Kier alpha value is -1.74. The normalized spacial score (nSPS) is 19.0. The molecule has 0 spiro atoms. The fraction of sp³-hybridized carbons (Fsp3) is 0.444. The van der Waals surface area contributed by atoms with Crippen LogP contribution in [0.2, 0.25) is 0 Å². The van der Waals surface area contributed by atoms with Crippen molar-refractivity contribution in [3.8, 4) is 5.75 Å². The first-order chi connectivity index (χ1) is 6.92. The van der Waals surface area contributed by atoms with E-state index in [1.54, 1.807) is 6.20 Å². The SMILES string of the molecule is [N-]=[N+]=NCC1CCOc2cccnc21. The Morgan fingerprint density at radius 2 is 2.64 bits per heavy atom. The molecule has 72 valence electrons. The van der Waals surface area contributed by atoms with Crippen LogP contribution in [-0.4, -0.2) is 18.1 Å². The first kappa shape index (κ1) is 8.84. The molecule has 0 amide bonds. The topological polar surface area (TPSA) is 70.9 Å². The average molecular weight is 190 g/mol. The number of rotatable bonds is 2. The first-order valence-electron chi connectivity index (χ1n) is 4.50. The van der Waals surface area contributed by atoms with Crippen molar-refractivity contribution in [2.24, 2.45) is 5.11 Å². The number of aromatic nitrogens is 1. The molecule has 0 saturated carbocycles. The summed E-state index contributed by atoms with van der Waals surface area (Å²) in [4.78, 5) is 7.00. The van der Waals surface area contributed by atoms with Crippen molar-refractivity contribution in [2.45, 2.75) is 12.3 Å². The third kappa shape index (κ3) is 1.63. The quantitative estimate of drug-likeness (QED) is 0.407. The maximum absolute atomic E-state index is 8.25. The highest BCUT2D eigenvalue weighted by Crippen LogP contribution is 2.31. The summed E-state index contributed by atoms with van der Waals surface area (Å²) in [5.41, 5.74) is 9.16. The second-order valence-electron chi connectivity index (χ2n) is 3.13. The van der Waals surface area contributed by atoms with Gasteiger partial charge in [0.15, 0.2) is 0 Å². The van der Waals surface area contributed by atoms with Crippen molar-refractivity contribution in [1.29, 1.82) is 0 Å². The second kappa shape index (κ2) is 3.98. The van der Waals surface area contributed by atoms with Crippen LogP contribution in [0, 0.1) is 0 Å². The maximum Gasteiger partial charge on any atom is 0.141 e. The lowest BCUT2D eigenvalue weighted by Gasteiger charge is -2.22. The largest absolute Gasteiger partial charge is 0.492 e. The van der Waals surface area contributed by atoms with Gasteiger partial charge in [-0.2, -0.15) is 0 Å². The van der Waals surface area contributed by atoms with Gasteiger partial charge in [0, 0.05) is 23.6 Å². The Morgan fingerprint density at radius 3 is 3.50 bits per heavy atom. The van der Waals surface area contributed by atoms with Crippen LogP contribution in [-0.2, 0) is 0 Å². The van der Waals surface area contributed by atoms with Crippen LogP contribution in [0.1, 0.15) is 18.0 Å². The molecule has 2 rings (SSSR count). The molecule has 14 heavy (non-hydrogen) atoms. The van der Waals surface area contributed by atoms with Crippen LogP contribution in [0.3, 0.4) is 0 Å². The lowest BCUT2D eigenvalue weighted by atomic mass is 9.98. The summed E-state index contributed by atoms with van der Waals surface area (Å²) in [6.07, 6.45) is 2.60. The zero-order chi connectivity index (χ0) is 9.80. The van der Waals surface area contributed by atoms with E-state index in [0.717, 1.165) is 17.9 Å². The van der Waals surface area contributed by atoms with Crippen molar-refractivity contribution in [3.05, 3.63) is 34.5 Å². The van der Waals surface area contributed by atoms with E-state index in [1.165, 1.54) is 0 Å². The van der Waals surface area contributed by atoms with Crippen LogP contribution < -0.4 is 4.74 Å². The highest BCUT2D eigenvalue weighted by molar-refractivity contribution is 5.31. The van der Waals surface area contributed by atoms with Crippen molar-refractivity contribution < 1.29 is 4.74 Å². The predicted octanol–water partition coefficient (Wildman–Crippen LogP) is 2.26. The summed E-state index contributed by atoms with van der Waals surface area (Å²) in [6, 6.07) is 3.74. The molecule has 5 heteroatoms. The van der Waals surface area contributed by atoms with Crippen LogP contribution in [0.4, 0.5) is 0 Å². The monoisotopic (exact) mass is 190 g/mol. The number of pyridine rings is 1. The van der Waals surface area contributed by atoms with E-state index in [-0.39, 0.29) is 5.92 Å². The van der Waals surface area contributed by atoms with Crippen molar-refractivity contribution in [2.75, 3.05) is 13.2 Å². The Balaban J connectivity index is 2.26. The highest BCUT2D eigenvalue weighted by atomic mass is 16.5. The number of ether oxygens (including phenoxy) is 1. The van der Waals surface area contributed by atoms with Crippen molar-refractivity contribution in [3.63, 3.8) is 0 Å². The Morgan fingerprint density at radius 1 is 1.71 bits per heavy atom. The summed E-state index contributed by atoms with van der Waals surface area (Å²) in [7, 11) is 0. The van der Waals surface area contributed by atoms with E-state index >= 15 is 0 Å². The molecular weight excluding hydrogens is 180 g/mol. The molecule has 0 saturated heterocycles. The van der Waals surface area contributed by atoms with Crippen molar-refractivity contribution in [1.82, 2.24) is 4.98 Å². The van der Waals surface area contributed by atoms with Gasteiger partial charge in [0.2, 0.25) is 0 Å². The maximum atomic E-state index is 8.25. The molecule has 0 aromatic carbocycles. The minimum absolute atomic E-state index is 0.204. The second-order valence-corrected chi connectivity index (χ2v) is 3.13. The Kier molecular flexibility index (Phi) is 2.51. The third-order valence-corrected chi connectivity index (χ3v) is 2.28. The van der Waals surface area contributed by atoms with Crippen LogP contribution >= 0.6 is 0 Å². The molecule has 1 unspecified atom stereocenters. The molecule has 0 bridgehead atoms. The van der Waals surface area contributed by atoms with E-state index in [0.29, 0.717) is 13.2 Å². The van der Waals surface area contributed by atoms with Gasteiger partial charge in [-0.25, -0.2) is 0 Å². The highest BCUT2D eigenvalue weighted by Gasteiger charge is 2.21. The van der Waals surface area contributed by atoms with Gasteiger partial charge >= 0.3 is 0 Å². The van der Waals surface area contributed by atoms with Crippen molar-refractivity contribution >= 4 is 0 Å². The van der Waals surface area contributed by atoms with Gasteiger partial charge in [-0.05, 0) is 24.1 Å².